The van der Waals surface area contributed by atoms with Crippen molar-refractivity contribution in [2.45, 2.75) is 6.18 Å². The van der Waals surface area contributed by atoms with Gasteiger partial charge in [0, 0.05) is 5.56 Å². The number of hydrogen-bond donors (Lipinski definition) is 0. The second-order valence-electron chi connectivity index (χ2n) is 4.83. The first-order valence-corrected chi connectivity index (χ1v) is 6.72. The molecule has 0 N–H and O–H groups in total. The standard InChI is InChI=1S/C16H13F3N2O2/c1-22-11-5-3-10(4-6-11)14-15(16(17,18)19)21-9-12(23-2)7-8-13(21)20-14/h3-9H,1-2H3. The highest BCUT2D eigenvalue weighted by atomic mass is 19.4. The number of methoxy groups -OCH3 is 2. The zero-order chi connectivity index (χ0) is 16.6. The molecule has 0 bridgehead atoms. The smallest absolute Gasteiger partial charge is 0.433 e. The largest absolute Gasteiger partial charge is 0.497 e. The number of halogens is 3. The van der Waals surface area contributed by atoms with Gasteiger partial charge >= 0.3 is 6.18 Å². The molecule has 0 amide bonds. The van der Waals surface area contributed by atoms with Crippen LogP contribution >= 0.6 is 0 Å². The van der Waals surface area contributed by atoms with Crippen molar-refractivity contribution in [3.63, 3.8) is 0 Å². The molecule has 0 saturated heterocycles. The van der Waals surface area contributed by atoms with Crippen molar-refractivity contribution >= 4 is 5.65 Å². The molecule has 0 aliphatic heterocycles. The number of hydrogen-bond acceptors (Lipinski definition) is 3. The van der Waals surface area contributed by atoms with Crippen LogP contribution in [0.4, 0.5) is 13.2 Å². The normalized spacial score (nSPS) is 11.7. The van der Waals surface area contributed by atoms with Crippen molar-refractivity contribution in [1.82, 2.24) is 9.38 Å². The summed E-state index contributed by atoms with van der Waals surface area (Å²) in [5.74, 6) is 0.884. The number of nitrogens with zero attached hydrogens (tertiary/aromatic N) is 2. The Morgan fingerprint density at radius 1 is 0.913 bits per heavy atom. The molecule has 0 aliphatic carbocycles. The summed E-state index contributed by atoms with van der Waals surface area (Å²) in [6.45, 7) is 0. The van der Waals surface area contributed by atoms with E-state index in [-0.39, 0.29) is 11.3 Å². The zero-order valence-electron chi connectivity index (χ0n) is 12.4. The van der Waals surface area contributed by atoms with Crippen LogP contribution in [-0.4, -0.2) is 23.6 Å². The highest BCUT2D eigenvalue weighted by Gasteiger charge is 2.38. The van der Waals surface area contributed by atoms with Crippen LogP contribution in [0.1, 0.15) is 5.69 Å². The van der Waals surface area contributed by atoms with Crippen LogP contribution in [-0.2, 0) is 6.18 Å². The molecule has 0 radical (unpaired) electrons. The number of aromatic nitrogens is 2. The van der Waals surface area contributed by atoms with Gasteiger partial charge in [-0.05, 0) is 36.4 Å². The summed E-state index contributed by atoms with van der Waals surface area (Å²) in [5, 5.41) is 0. The lowest BCUT2D eigenvalue weighted by Crippen LogP contribution is -2.10. The molecule has 2 aromatic heterocycles. The van der Waals surface area contributed by atoms with Gasteiger partial charge in [-0.15, -0.1) is 0 Å². The van der Waals surface area contributed by atoms with E-state index in [4.69, 9.17) is 9.47 Å². The second kappa shape index (κ2) is 5.49. The number of pyridine rings is 1. The number of imidazole rings is 1. The van der Waals surface area contributed by atoms with E-state index in [0.717, 1.165) is 4.40 Å². The van der Waals surface area contributed by atoms with E-state index in [1.54, 1.807) is 30.3 Å². The fourth-order valence-corrected chi connectivity index (χ4v) is 2.37. The molecule has 1 aromatic carbocycles. The molecule has 7 heteroatoms. The van der Waals surface area contributed by atoms with Crippen LogP contribution in [0, 0.1) is 0 Å². The number of fused-ring (bicyclic) bond motifs is 1. The molecule has 0 atom stereocenters. The number of ether oxygens (including phenoxy) is 2. The molecule has 0 fully saturated rings. The van der Waals surface area contributed by atoms with E-state index in [2.05, 4.69) is 4.98 Å². The lowest BCUT2D eigenvalue weighted by atomic mass is 10.1. The molecular weight excluding hydrogens is 309 g/mol. The van der Waals surface area contributed by atoms with Gasteiger partial charge < -0.3 is 9.47 Å². The van der Waals surface area contributed by atoms with Gasteiger partial charge in [-0.1, -0.05) is 0 Å². The summed E-state index contributed by atoms with van der Waals surface area (Å²) in [6, 6.07) is 9.35. The second-order valence-corrected chi connectivity index (χ2v) is 4.83. The Morgan fingerprint density at radius 3 is 2.09 bits per heavy atom. The van der Waals surface area contributed by atoms with Gasteiger partial charge in [0.25, 0.3) is 0 Å². The lowest BCUT2D eigenvalue weighted by molar-refractivity contribution is -0.141. The van der Waals surface area contributed by atoms with Crippen LogP contribution in [0.2, 0.25) is 0 Å². The molecule has 2 heterocycles. The summed E-state index contributed by atoms with van der Waals surface area (Å²) in [7, 11) is 2.89. The van der Waals surface area contributed by atoms with Gasteiger partial charge in [-0.25, -0.2) is 4.98 Å². The molecule has 4 nitrogen and oxygen atoms in total. The van der Waals surface area contributed by atoms with E-state index < -0.39 is 11.9 Å². The summed E-state index contributed by atoms with van der Waals surface area (Å²) >= 11 is 0. The third-order valence-electron chi connectivity index (χ3n) is 3.46. The Hall–Kier alpha value is -2.70. The maximum Gasteiger partial charge on any atom is 0.433 e. The van der Waals surface area contributed by atoms with Crippen LogP contribution < -0.4 is 9.47 Å². The van der Waals surface area contributed by atoms with Gasteiger partial charge in [0.05, 0.1) is 20.4 Å². The van der Waals surface area contributed by atoms with E-state index >= 15 is 0 Å². The van der Waals surface area contributed by atoms with Crippen molar-refractivity contribution in [1.29, 1.82) is 0 Å². The molecule has 23 heavy (non-hydrogen) atoms. The third-order valence-corrected chi connectivity index (χ3v) is 3.46. The molecular formula is C16H13F3N2O2. The van der Waals surface area contributed by atoms with Crippen LogP contribution in [0.5, 0.6) is 11.5 Å². The van der Waals surface area contributed by atoms with E-state index in [9.17, 15) is 13.2 Å². The van der Waals surface area contributed by atoms with Crippen molar-refractivity contribution in [3.05, 3.63) is 48.3 Å². The molecule has 120 valence electrons. The highest BCUT2D eigenvalue weighted by Crippen LogP contribution is 2.38. The molecule has 0 spiro atoms. The monoisotopic (exact) mass is 322 g/mol. The quantitative estimate of drug-likeness (QED) is 0.730. The Kier molecular flexibility index (Phi) is 3.63. The highest BCUT2D eigenvalue weighted by molar-refractivity contribution is 5.68. The van der Waals surface area contributed by atoms with Crippen molar-refractivity contribution in [2.75, 3.05) is 14.2 Å². The van der Waals surface area contributed by atoms with Gasteiger partial charge in [-0.3, -0.25) is 4.40 Å². The summed E-state index contributed by atoms with van der Waals surface area (Å²) in [4.78, 5) is 4.13. The fourth-order valence-electron chi connectivity index (χ4n) is 2.37. The van der Waals surface area contributed by atoms with Gasteiger partial charge in [0.2, 0.25) is 0 Å². The molecule has 0 unspecified atom stereocenters. The molecule has 0 aliphatic rings. The van der Waals surface area contributed by atoms with Crippen LogP contribution in [0.3, 0.4) is 0 Å². The topological polar surface area (TPSA) is 35.8 Å². The van der Waals surface area contributed by atoms with Gasteiger partial charge in [-0.2, -0.15) is 13.2 Å². The van der Waals surface area contributed by atoms with Gasteiger partial charge in [0.1, 0.15) is 22.8 Å². The molecule has 3 rings (SSSR count). The minimum atomic E-state index is -4.55. The van der Waals surface area contributed by atoms with Crippen molar-refractivity contribution in [3.8, 4) is 22.8 Å². The van der Waals surface area contributed by atoms with Crippen molar-refractivity contribution < 1.29 is 22.6 Å². The predicted octanol–water partition coefficient (Wildman–Crippen LogP) is 4.04. The summed E-state index contributed by atoms with van der Waals surface area (Å²) in [6.07, 6.45) is -3.28. The number of benzene rings is 1. The Morgan fingerprint density at radius 2 is 1.52 bits per heavy atom. The van der Waals surface area contributed by atoms with Crippen molar-refractivity contribution in [2.24, 2.45) is 0 Å². The Bertz CT molecular complexity index is 839. The number of alkyl halides is 3. The first kappa shape index (κ1) is 15.2. The average molecular weight is 322 g/mol. The van der Waals surface area contributed by atoms with E-state index in [0.29, 0.717) is 17.1 Å². The molecule has 0 saturated carbocycles. The Labute approximate surface area is 130 Å². The SMILES string of the molecule is COc1ccc(-c2nc3ccc(OC)cn3c2C(F)(F)F)cc1. The fraction of sp³-hybridized carbons (Fsp3) is 0.188. The Balaban J connectivity index is 2.26. The zero-order valence-corrected chi connectivity index (χ0v) is 12.4. The van der Waals surface area contributed by atoms with Gasteiger partial charge in [0.15, 0.2) is 5.69 Å². The first-order chi connectivity index (χ1) is 10.9. The van der Waals surface area contributed by atoms with E-state index in [1.807, 2.05) is 0 Å². The molecule has 3 aromatic rings. The maximum atomic E-state index is 13.6. The third kappa shape index (κ3) is 2.69. The average Bonchev–Trinajstić information content (AvgIpc) is 2.93. The lowest BCUT2D eigenvalue weighted by Gasteiger charge is -2.10. The number of rotatable bonds is 3. The minimum absolute atomic E-state index is 0.131. The summed E-state index contributed by atoms with van der Waals surface area (Å²) < 4.78 is 51.7. The van der Waals surface area contributed by atoms with Crippen LogP contribution in [0.25, 0.3) is 16.9 Å². The van der Waals surface area contributed by atoms with E-state index in [1.165, 1.54) is 26.5 Å². The van der Waals surface area contributed by atoms with Crippen LogP contribution in [0.15, 0.2) is 42.6 Å². The minimum Gasteiger partial charge on any atom is -0.497 e. The maximum absolute atomic E-state index is 13.6. The predicted molar refractivity (Wildman–Crippen MR) is 78.7 cm³/mol. The summed E-state index contributed by atoms with van der Waals surface area (Å²) in [5.41, 5.74) is -0.408. The first-order valence-electron chi connectivity index (χ1n) is 6.72.